The summed E-state index contributed by atoms with van der Waals surface area (Å²) in [6.45, 7) is 3.24. The van der Waals surface area contributed by atoms with Crippen molar-refractivity contribution >= 4 is 28.4 Å². The topological polar surface area (TPSA) is 51.1 Å². The van der Waals surface area contributed by atoms with Gasteiger partial charge >= 0.3 is 0 Å². The number of anilines is 1. The Morgan fingerprint density at radius 1 is 1.21 bits per heavy atom. The molecule has 0 amide bonds. The second kappa shape index (κ2) is 9.59. The molecule has 2 aromatic carbocycles. The van der Waals surface area contributed by atoms with Crippen molar-refractivity contribution in [3.8, 4) is 11.5 Å². The van der Waals surface area contributed by atoms with Gasteiger partial charge in [0, 0.05) is 24.1 Å². The lowest BCUT2D eigenvalue weighted by Crippen LogP contribution is -2.35. The summed E-state index contributed by atoms with van der Waals surface area (Å²) >= 11 is 1.61. The van der Waals surface area contributed by atoms with E-state index >= 15 is 0 Å². The van der Waals surface area contributed by atoms with Gasteiger partial charge in [-0.25, -0.2) is 4.39 Å². The number of thioether (sulfide) groups is 1. The summed E-state index contributed by atoms with van der Waals surface area (Å²) in [4.78, 5) is 19.3. The summed E-state index contributed by atoms with van der Waals surface area (Å²) in [6, 6.07) is 11.8. The minimum atomic E-state index is -0.589. The molecule has 1 aliphatic rings. The van der Waals surface area contributed by atoms with Crippen molar-refractivity contribution in [2.75, 3.05) is 37.5 Å². The second-order valence-corrected chi connectivity index (χ2v) is 7.21. The largest absolute Gasteiger partial charge is 0.497 e. The van der Waals surface area contributed by atoms with Crippen LogP contribution in [0.3, 0.4) is 0 Å². The zero-order chi connectivity index (χ0) is 19.9. The number of hydrogen-bond acceptors (Lipinski definition) is 6. The number of carbonyl (C=O) groups is 1. The smallest absolute Gasteiger partial charge is 0.185 e. The SMILES string of the molecule is CCOc1ccc(N(CC(=O)c2ccc(OC)cc2F)C2=NCCCS2)cc1. The Labute approximate surface area is 168 Å². The van der Waals surface area contributed by atoms with Crippen LogP contribution < -0.4 is 14.4 Å². The van der Waals surface area contributed by atoms with E-state index in [1.54, 1.807) is 17.8 Å². The Hall–Kier alpha value is -2.54. The fraction of sp³-hybridized carbons (Fsp3) is 0.333. The van der Waals surface area contributed by atoms with E-state index in [1.807, 2.05) is 36.1 Å². The van der Waals surface area contributed by atoms with Crippen LogP contribution in [0.25, 0.3) is 0 Å². The maximum absolute atomic E-state index is 14.3. The third kappa shape index (κ3) is 4.84. The van der Waals surface area contributed by atoms with E-state index in [-0.39, 0.29) is 17.9 Å². The van der Waals surface area contributed by atoms with Crippen LogP contribution in [0.1, 0.15) is 23.7 Å². The normalized spacial score (nSPS) is 13.6. The molecule has 0 saturated carbocycles. The van der Waals surface area contributed by atoms with Crippen LogP contribution in [-0.2, 0) is 0 Å². The van der Waals surface area contributed by atoms with Crippen LogP contribution in [-0.4, -0.2) is 43.5 Å². The lowest BCUT2D eigenvalue weighted by molar-refractivity contribution is 0.0998. The van der Waals surface area contributed by atoms with Crippen molar-refractivity contribution in [3.05, 3.63) is 53.8 Å². The molecule has 7 heteroatoms. The summed E-state index contributed by atoms with van der Waals surface area (Å²) in [5.41, 5.74) is 0.858. The number of nitrogens with zero attached hydrogens (tertiary/aromatic N) is 2. The summed E-state index contributed by atoms with van der Waals surface area (Å²) in [7, 11) is 1.46. The van der Waals surface area contributed by atoms with Crippen molar-refractivity contribution in [3.63, 3.8) is 0 Å². The number of ether oxygens (including phenoxy) is 2. The molecule has 0 atom stereocenters. The van der Waals surface area contributed by atoms with Crippen molar-refractivity contribution in [1.29, 1.82) is 0 Å². The minimum Gasteiger partial charge on any atom is -0.497 e. The van der Waals surface area contributed by atoms with Gasteiger partial charge in [-0.2, -0.15) is 0 Å². The number of ketones is 1. The number of benzene rings is 2. The fourth-order valence-electron chi connectivity index (χ4n) is 2.85. The lowest BCUT2D eigenvalue weighted by Gasteiger charge is -2.27. The lowest BCUT2D eigenvalue weighted by atomic mass is 10.1. The van der Waals surface area contributed by atoms with Crippen LogP contribution in [0.15, 0.2) is 47.5 Å². The molecule has 0 saturated heterocycles. The molecule has 0 N–H and O–H groups in total. The van der Waals surface area contributed by atoms with E-state index in [4.69, 9.17) is 9.47 Å². The Balaban J connectivity index is 1.86. The molecule has 148 valence electrons. The monoisotopic (exact) mass is 402 g/mol. The van der Waals surface area contributed by atoms with Gasteiger partial charge in [-0.1, -0.05) is 11.8 Å². The van der Waals surface area contributed by atoms with Crippen LogP contribution in [0, 0.1) is 5.82 Å². The van der Waals surface area contributed by atoms with Gasteiger partial charge in [-0.05, 0) is 49.7 Å². The van der Waals surface area contributed by atoms with Crippen LogP contribution >= 0.6 is 11.8 Å². The molecule has 0 bridgehead atoms. The second-order valence-electron chi connectivity index (χ2n) is 6.15. The number of methoxy groups -OCH3 is 1. The van der Waals surface area contributed by atoms with Gasteiger partial charge in [0.05, 0.1) is 25.8 Å². The van der Waals surface area contributed by atoms with E-state index in [2.05, 4.69) is 4.99 Å². The van der Waals surface area contributed by atoms with Crippen molar-refractivity contribution in [2.24, 2.45) is 4.99 Å². The Morgan fingerprint density at radius 2 is 1.96 bits per heavy atom. The number of Topliss-reactive ketones (excluding diaryl/α,β-unsaturated/α-hetero) is 1. The highest BCUT2D eigenvalue weighted by molar-refractivity contribution is 8.14. The summed E-state index contributed by atoms with van der Waals surface area (Å²) in [5.74, 6) is 1.18. The van der Waals surface area contributed by atoms with Crippen LogP contribution in [0.2, 0.25) is 0 Å². The van der Waals surface area contributed by atoms with E-state index in [0.717, 1.165) is 35.3 Å². The first kappa shape index (κ1) is 20.2. The number of rotatable bonds is 7. The quantitative estimate of drug-likeness (QED) is 0.642. The van der Waals surface area contributed by atoms with Gasteiger partial charge in [-0.3, -0.25) is 9.79 Å². The predicted octanol–water partition coefficient (Wildman–Crippen LogP) is 4.42. The molecule has 2 aromatic rings. The third-order valence-electron chi connectivity index (χ3n) is 4.25. The molecule has 1 aliphatic heterocycles. The van der Waals surface area contributed by atoms with E-state index in [1.165, 1.54) is 19.2 Å². The minimum absolute atomic E-state index is 0.00304. The van der Waals surface area contributed by atoms with Gasteiger partial charge in [0.1, 0.15) is 17.3 Å². The number of carbonyl (C=O) groups excluding carboxylic acids is 1. The fourth-order valence-corrected chi connectivity index (χ4v) is 3.81. The van der Waals surface area contributed by atoms with Crippen LogP contribution in [0.5, 0.6) is 11.5 Å². The summed E-state index contributed by atoms with van der Waals surface area (Å²) in [6.07, 6.45) is 1.01. The van der Waals surface area contributed by atoms with Crippen LogP contribution in [0.4, 0.5) is 10.1 Å². The summed E-state index contributed by atoms with van der Waals surface area (Å²) in [5, 5.41) is 0.776. The highest BCUT2D eigenvalue weighted by Crippen LogP contribution is 2.26. The standard InChI is InChI=1S/C21H23FN2O3S/c1-3-27-16-7-5-15(6-8-16)24(21-23-11-4-12-28-21)14-20(25)18-10-9-17(26-2)13-19(18)22/h5-10,13H,3-4,11-12,14H2,1-2H3. The number of amidine groups is 1. The van der Waals surface area contributed by atoms with E-state index < -0.39 is 5.82 Å². The highest BCUT2D eigenvalue weighted by atomic mass is 32.2. The average Bonchev–Trinajstić information content (AvgIpc) is 2.73. The molecule has 0 unspecified atom stereocenters. The maximum atomic E-state index is 14.3. The third-order valence-corrected chi connectivity index (χ3v) is 5.35. The molecule has 0 fully saturated rings. The first-order valence-corrected chi connectivity index (χ1v) is 10.2. The zero-order valence-electron chi connectivity index (χ0n) is 16.0. The molecular formula is C21H23FN2O3S. The summed E-state index contributed by atoms with van der Waals surface area (Å²) < 4.78 is 24.9. The molecule has 0 radical (unpaired) electrons. The Bertz CT molecular complexity index is 855. The van der Waals surface area contributed by atoms with E-state index in [0.29, 0.717) is 12.4 Å². The molecule has 1 heterocycles. The first-order chi connectivity index (χ1) is 13.6. The van der Waals surface area contributed by atoms with Gasteiger partial charge in [0.15, 0.2) is 11.0 Å². The number of hydrogen-bond donors (Lipinski definition) is 0. The first-order valence-electron chi connectivity index (χ1n) is 9.16. The zero-order valence-corrected chi connectivity index (χ0v) is 16.8. The molecule has 0 aromatic heterocycles. The van der Waals surface area contributed by atoms with Gasteiger partial charge in [0.2, 0.25) is 0 Å². The van der Waals surface area contributed by atoms with Gasteiger partial charge < -0.3 is 14.4 Å². The van der Waals surface area contributed by atoms with Gasteiger partial charge in [0.25, 0.3) is 0 Å². The molecule has 28 heavy (non-hydrogen) atoms. The molecule has 3 rings (SSSR count). The Morgan fingerprint density at radius 3 is 2.57 bits per heavy atom. The molecule has 5 nitrogen and oxygen atoms in total. The highest BCUT2D eigenvalue weighted by Gasteiger charge is 2.22. The molecular weight excluding hydrogens is 379 g/mol. The van der Waals surface area contributed by atoms with Crippen molar-refractivity contribution < 1.29 is 18.7 Å². The van der Waals surface area contributed by atoms with E-state index in [9.17, 15) is 9.18 Å². The number of aliphatic imine (C=N–C) groups is 1. The van der Waals surface area contributed by atoms with Crippen molar-refractivity contribution in [1.82, 2.24) is 0 Å². The molecule has 0 aliphatic carbocycles. The maximum Gasteiger partial charge on any atom is 0.185 e. The average molecular weight is 402 g/mol. The predicted molar refractivity (Wildman–Crippen MR) is 112 cm³/mol. The number of halogens is 1. The Kier molecular flexibility index (Phi) is 6.92. The molecule has 0 spiro atoms. The van der Waals surface area contributed by atoms with Gasteiger partial charge in [-0.15, -0.1) is 0 Å². The van der Waals surface area contributed by atoms with Crippen molar-refractivity contribution in [2.45, 2.75) is 13.3 Å².